The van der Waals surface area contributed by atoms with E-state index in [0.717, 1.165) is 6.42 Å². The summed E-state index contributed by atoms with van der Waals surface area (Å²) in [6, 6.07) is 0. The summed E-state index contributed by atoms with van der Waals surface area (Å²) in [5.74, 6) is 0. The first-order chi connectivity index (χ1) is 8.41. The van der Waals surface area contributed by atoms with E-state index in [1.54, 1.807) is 0 Å². The molecule has 1 radical (unpaired) electrons. The fraction of sp³-hybridized carbons (Fsp3) is 0.824. The van der Waals surface area contributed by atoms with Gasteiger partial charge in [0.05, 0.1) is 0 Å². The van der Waals surface area contributed by atoms with Crippen molar-refractivity contribution < 1.29 is 0 Å². The standard InChI is InChI=1S/C17H33/c1-3-5-7-9-11-13-15-17-16-14-12-10-8-6-4-2/h3,7H,1,4-6,8-17H2,2H3. The maximum atomic E-state index is 3.72. The summed E-state index contributed by atoms with van der Waals surface area (Å²) in [4.78, 5) is 0. The van der Waals surface area contributed by atoms with Crippen LogP contribution in [0.4, 0.5) is 0 Å². The van der Waals surface area contributed by atoms with Gasteiger partial charge >= 0.3 is 0 Å². The molecule has 0 aliphatic rings. The van der Waals surface area contributed by atoms with Gasteiger partial charge < -0.3 is 0 Å². The number of unbranched alkanes of at least 4 members (excludes halogenated alkanes) is 13. The summed E-state index contributed by atoms with van der Waals surface area (Å²) in [7, 11) is 0. The predicted molar refractivity (Wildman–Crippen MR) is 80.2 cm³/mol. The minimum Gasteiger partial charge on any atom is -0.103 e. The van der Waals surface area contributed by atoms with Crippen molar-refractivity contribution in [3.8, 4) is 0 Å². The van der Waals surface area contributed by atoms with Crippen LogP contribution in [0.1, 0.15) is 90.4 Å². The average molecular weight is 237 g/mol. The zero-order valence-electron chi connectivity index (χ0n) is 12.1. The van der Waals surface area contributed by atoms with Gasteiger partial charge in [-0.15, -0.1) is 6.58 Å². The van der Waals surface area contributed by atoms with Crippen LogP contribution in [-0.4, -0.2) is 0 Å². The molecule has 0 aliphatic heterocycles. The normalized spacial score (nSPS) is 10.6. The monoisotopic (exact) mass is 237 g/mol. The second-order valence-electron chi connectivity index (χ2n) is 5.14. The molecule has 0 heterocycles. The van der Waals surface area contributed by atoms with Crippen molar-refractivity contribution in [2.45, 2.75) is 90.4 Å². The van der Waals surface area contributed by atoms with Crippen molar-refractivity contribution in [1.29, 1.82) is 0 Å². The first-order valence-corrected chi connectivity index (χ1v) is 7.84. The van der Waals surface area contributed by atoms with E-state index in [2.05, 4.69) is 19.9 Å². The van der Waals surface area contributed by atoms with E-state index in [4.69, 9.17) is 0 Å². The van der Waals surface area contributed by atoms with Gasteiger partial charge in [0, 0.05) is 0 Å². The topological polar surface area (TPSA) is 0 Å². The molecule has 0 bridgehead atoms. The molecule has 0 nitrogen and oxygen atoms in total. The van der Waals surface area contributed by atoms with Gasteiger partial charge in [-0.25, -0.2) is 0 Å². The van der Waals surface area contributed by atoms with Crippen molar-refractivity contribution in [3.63, 3.8) is 0 Å². The highest BCUT2D eigenvalue weighted by Crippen LogP contribution is 2.12. The second-order valence-corrected chi connectivity index (χ2v) is 5.14. The van der Waals surface area contributed by atoms with E-state index in [-0.39, 0.29) is 0 Å². The molecule has 0 saturated heterocycles. The van der Waals surface area contributed by atoms with Crippen LogP contribution in [-0.2, 0) is 0 Å². The third-order valence-electron chi connectivity index (χ3n) is 3.35. The fourth-order valence-corrected chi connectivity index (χ4v) is 2.19. The predicted octanol–water partition coefficient (Wildman–Crippen LogP) is 6.47. The number of allylic oxidation sites excluding steroid dienone is 1. The lowest BCUT2D eigenvalue weighted by Gasteiger charge is -2.02. The SMILES string of the molecule is C=CC[CH]CCCCCCCCCCCCC. The summed E-state index contributed by atoms with van der Waals surface area (Å²) >= 11 is 0. The summed E-state index contributed by atoms with van der Waals surface area (Å²) in [6.07, 6.45) is 22.5. The highest BCUT2D eigenvalue weighted by Gasteiger charge is 1.93. The smallest absolute Gasteiger partial charge is 0.0322 e. The maximum absolute atomic E-state index is 3.72. The Morgan fingerprint density at radius 3 is 1.65 bits per heavy atom. The number of rotatable bonds is 14. The fourth-order valence-electron chi connectivity index (χ4n) is 2.19. The van der Waals surface area contributed by atoms with E-state index in [1.807, 2.05) is 6.08 Å². The van der Waals surface area contributed by atoms with Crippen LogP contribution in [0.25, 0.3) is 0 Å². The first-order valence-electron chi connectivity index (χ1n) is 7.84. The van der Waals surface area contributed by atoms with Gasteiger partial charge in [0.1, 0.15) is 0 Å². The summed E-state index contributed by atoms with van der Waals surface area (Å²) in [6.45, 7) is 6.01. The van der Waals surface area contributed by atoms with Crippen molar-refractivity contribution in [1.82, 2.24) is 0 Å². The number of hydrogen-bond acceptors (Lipinski definition) is 0. The molecule has 0 saturated carbocycles. The van der Waals surface area contributed by atoms with Gasteiger partial charge in [-0.2, -0.15) is 0 Å². The molecule has 0 aromatic rings. The van der Waals surface area contributed by atoms with Crippen LogP contribution in [0.3, 0.4) is 0 Å². The molecule has 0 atom stereocenters. The van der Waals surface area contributed by atoms with E-state index < -0.39 is 0 Å². The third kappa shape index (κ3) is 15.7. The summed E-state index contributed by atoms with van der Waals surface area (Å²) in [5, 5.41) is 0. The van der Waals surface area contributed by atoms with E-state index in [0.29, 0.717) is 0 Å². The molecule has 0 amide bonds. The average Bonchev–Trinajstić information content (AvgIpc) is 2.35. The van der Waals surface area contributed by atoms with E-state index in [9.17, 15) is 0 Å². The molecule has 17 heavy (non-hydrogen) atoms. The van der Waals surface area contributed by atoms with Crippen molar-refractivity contribution in [2.24, 2.45) is 0 Å². The Kier molecular flexibility index (Phi) is 15.5. The maximum Gasteiger partial charge on any atom is -0.0322 e. The Morgan fingerprint density at radius 2 is 1.18 bits per heavy atom. The van der Waals surface area contributed by atoms with Gasteiger partial charge in [-0.3, -0.25) is 0 Å². The molecule has 0 unspecified atom stereocenters. The molecular weight excluding hydrogens is 204 g/mol. The zero-order valence-corrected chi connectivity index (χ0v) is 12.1. The van der Waals surface area contributed by atoms with Crippen LogP contribution >= 0.6 is 0 Å². The Hall–Kier alpha value is -0.260. The largest absolute Gasteiger partial charge is 0.103 e. The molecule has 0 fully saturated rings. The molecule has 0 aliphatic carbocycles. The van der Waals surface area contributed by atoms with Crippen LogP contribution in [0.2, 0.25) is 0 Å². The van der Waals surface area contributed by atoms with E-state index in [1.165, 1.54) is 77.0 Å². The van der Waals surface area contributed by atoms with Crippen LogP contribution < -0.4 is 0 Å². The molecule has 0 N–H and O–H groups in total. The van der Waals surface area contributed by atoms with Crippen LogP contribution in [0.15, 0.2) is 12.7 Å². The zero-order chi connectivity index (χ0) is 12.6. The third-order valence-corrected chi connectivity index (χ3v) is 3.35. The van der Waals surface area contributed by atoms with Gasteiger partial charge in [0.2, 0.25) is 0 Å². The van der Waals surface area contributed by atoms with Crippen molar-refractivity contribution >= 4 is 0 Å². The van der Waals surface area contributed by atoms with Crippen molar-refractivity contribution in [3.05, 3.63) is 19.1 Å². The van der Waals surface area contributed by atoms with Crippen molar-refractivity contribution in [2.75, 3.05) is 0 Å². The van der Waals surface area contributed by atoms with Crippen LogP contribution in [0, 0.1) is 6.42 Å². The Labute approximate surface area is 110 Å². The lowest BCUT2D eigenvalue weighted by atomic mass is 10.0. The minimum atomic E-state index is 1.08. The van der Waals surface area contributed by atoms with Gasteiger partial charge in [-0.05, 0) is 19.3 Å². The van der Waals surface area contributed by atoms with E-state index >= 15 is 0 Å². The van der Waals surface area contributed by atoms with Gasteiger partial charge in [0.25, 0.3) is 0 Å². The lowest BCUT2D eigenvalue weighted by Crippen LogP contribution is -1.82. The molecule has 0 aromatic carbocycles. The Morgan fingerprint density at radius 1 is 0.706 bits per heavy atom. The summed E-state index contributed by atoms with van der Waals surface area (Å²) < 4.78 is 0. The number of hydrogen-bond donors (Lipinski definition) is 0. The van der Waals surface area contributed by atoms with Gasteiger partial charge in [-0.1, -0.05) is 83.6 Å². The lowest BCUT2D eigenvalue weighted by molar-refractivity contribution is 0.548. The molecule has 0 spiro atoms. The summed E-state index contributed by atoms with van der Waals surface area (Å²) in [5.41, 5.74) is 0. The Balaban J connectivity index is 2.87. The first kappa shape index (κ1) is 16.7. The highest BCUT2D eigenvalue weighted by molar-refractivity contribution is 4.77. The molecule has 0 heteroatoms. The van der Waals surface area contributed by atoms with Crippen LogP contribution in [0.5, 0.6) is 0 Å². The molecule has 0 aromatic heterocycles. The molecule has 0 rings (SSSR count). The second kappa shape index (κ2) is 15.7. The quantitative estimate of drug-likeness (QED) is 0.240. The molecular formula is C17H33. The highest BCUT2D eigenvalue weighted by atomic mass is 14.0. The molecule has 101 valence electrons. The van der Waals surface area contributed by atoms with Gasteiger partial charge in [0.15, 0.2) is 0 Å². The Bertz CT molecular complexity index is 137. The minimum absolute atomic E-state index is 1.08.